The van der Waals surface area contributed by atoms with E-state index in [2.05, 4.69) is 16.9 Å². The summed E-state index contributed by atoms with van der Waals surface area (Å²) < 4.78 is 2.03. The molecule has 0 unspecified atom stereocenters. The first kappa shape index (κ1) is 7.28. The molecule has 0 bridgehead atoms. The fourth-order valence-electron chi connectivity index (χ4n) is 1.35. The predicted molar refractivity (Wildman–Crippen MR) is 47.0 cm³/mol. The Labute approximate surface area is 71.1 Å². The lowest BCUT2D eigenvalue weighted by molar-refractivity contribution is 0.851. The van der Waals surface area contributed by atoms with Gasteiger partial charge in [-0.1, -0.05) is 13.3 Å². The quantitative estimate of drug-likeness (QED) is 0.670. The van der Waals surface area contributed by atoms with Crippen LogP contribution in [0.25, 0.3) is 5.78 Å². The smallest absolute Gasteiger partial charge is 0.233 e. The van der Waals surface area contributed by atoms with E-state index in [0.29, 0.717) is 0 Å². The van der Waals surface area contributed by atoms with Gasteiger partial charge in [0, 0.05) is 24.3 Å². The molecule has 2 heterocycles. The summed E-state index contributed by atoms with van der Waals surface area (Å²) in [6, 6.07) is 2.04. The number of hydrogen-bond donors (Lipinski definition) is 0. The van der Waals surface area contributed by atoms with E-state index in [9.17, 15) is 0 Å². The maximum absolute atomic E-state index is 4.14. The summed E-state index contributed by atoms with van der Waals surface area (Å²) in [7, 11) is 0. The molecule has 0 aliphatic heterocycles. The summed E-state index contributed by atoms with van der Waals surface area (Å²) in [6.45, 7) is 2.17. The maximum Gasteiger partial charge on any atom is 0.233 e. The highest BCUT2D eigenvalue weighted by Gasteiger charge is 1.98. The number of nitrogens with zero attached hydrogens (tertiary/aromatic N) is 3. The molecule has 12 heavy (non-hydrogen) atoms. The molecule has 2 aromatic rings. The minimum absolute atomic E-state index is 0.793. The van der Waals surface area contributed by atoms with Crippen molar-refractivity contribution in [3.05, 3.63) is 30.4 Å². The first-order valence-corrected chi connectivity index (χ1v) is 4.19. The van der Waals surface area contributed by atoms with Crippen molar-refractivity contribution in [2.75, 3.05) is 0 Å². The van der Waals surface area contributed by atoms with E-state index in [-0.39, 0.29) is 0 Å². The zero-order valence-corrected chi connectivity index (χ0v) is 7.07. The Morgan fingerprint density at radius 1 is 1.33 bits per heavy atom. The Bertz CT molecular complexity index is 378. The fraction of sp³-hybridized carbons (Fsp3) is 0.333. The summed E-state index contributed by atoms with van der Waals surface area (Å²) in [5.74, 6) is 0.793. The van der Waals surface area contributed by atoms with Crippen molar-refractivity contribution in [2.24, 2.45) is 0 Å². The van der Waals surface area contributed by atoms with Crippen molar-refractivity contribution in [3.63, 3.8) is 0 Å². The number of aryl methyl sites for hydroxylation is 1. The molecular formula is C9H11N3. The topological polar surface area (TPSA) is 30.2 Å². The van der Waals surface area contributed by atoms with Crippen LogP contribution in [0.2, 0.25) is 0 Å². The average molecular weight is 161 g/mol. The van der Waals surface area contributed by atoms with Gasteiger partial charge in [0.1, 0.15) is 0 Å². The SMILES string of the molecule is CCCc1ccnc2nccn12. The third-order valence-electron chi connectivity index (χ3n) is 1.89. The largest absolute Gasteiger partial charge is 0.288 e. The molecule has 62 valence electrons. The molecular weight excluding hydrogens is 150 g/mol. The van der Waals surface area contributed by atoms with Crippen molar-refractivity contribution in [2.45, 2.75) is 19.8 Å². The lowest BCUT2D eigenvalue weighted by Crippen LogP contribution is -1.96. The van der Waals surface area contributed by atoms with Crippen LogP contribution in [0.1, 0.15) is 19.0 Å². The van der Waals surface area contributed by atoms with Crippen LogP contribution in [-0.2, 0) is 6.42 Å². The molecule has 0 spiro atoms. The highest BCUT2D eigenvalue weighted by Crippen LogP contribution is 2.04. The summed E-state index contributed by atoms with van der Waals surface area (Å²) >= 11 is 0. The van der Waals surface area contributed by atoms with Crippen molar-refractivity contribution in [1.29, 1.82) is 0 Å². The Hall–Kier alpha value is -1.38. The van der Waals surface area contributed by atoms with Crippen molar-refractivity contribution in [3.8, 4) is 0 Å². The van der Waals surface area contributed by atoms with Crippen molar-refractivity contribution >= 4 is 5.78 Å². The van der Waals surface area contributed by atoms with Gasteiger partial charge in [0.25, 0.3) is 0 Å². The molecule has 0 saturated heterocycles. The predicted octanol–water partition coefficient (Wildman–Crippen LogP) is 1.68. The average Bonchev–Trinajstić information content (AvgIpc) is 2.53. The molecule has 0 amide bonds. The Kier molecular flexibility index (Phi) is 1.78. The van der Waals surface area contributed by atoms with Crippen LogP contribution in [0.5, 0.6) is 0 Å². The molecule has 3 heteroatoms. The van der Waals surface area contributed by atoms with Gasteiger partial charge in [-0.25, -0.2) is 9.97 Å². The normalized spacial score (nSPS) is 10.8. The lowest BCUT2D eigenvalue weighted by atomic mass is 10.2. The third-order valence-corrected chi connectivity index (χ3v) is 1.89. The minimum atomic E-state index is 0.793. The van der Waals surface area contributed by atoms with E-state index >= 15 is 0 Å². The van der Waals surface area contributed by atoms with Gasteiger partial charge in [0.15, 0.2) is 0 Å². The molecule has 0 fully saturated rings. The van der Waals surface area contributed by atoms with E-state index in [1.54, 1.807) is 6.20 Å². The minimum Gasteiger partial charge on any atom is -0.288 e. The van der Waals surface area contributed by atoms with Crippen LogP contribution < -0.4 is 0 Å². The zero-order valence-electron chi connectivity index (χ0n) is 7.07. The summed E-state index contributed by atoms with van der Waals surface area (Å²) in [5.41, 5.74) is 1.28. The number of aromatic nitrogens is 3. The van der Waals surface area contributed by atoms with E-state index in [0.717, 1.165) is 18.6 Å². The van der Waals surface area contributed by atoms with E-state index in [1.807, 2.05) is 22.9 Å². The van der Waals surface area contributed by atoms with Gasteiger partial charge in [0.2, 0.25) is 5.78 Å². The molecule has 2 aromatic heterocycles. The zero-order chi connectivity index (χ0) is 8.39. The summed E-state index contributed by atoms with van der Waals surface area (Å²) in [5, 5.41) is 0. The maximum atomic E-state index is 4.14. The summed E-state index contributed by atoms with van der Waals surface area (Å²) in [4.78, 5) is 8.25. The fourth-order valence-corrected chi connectivity index (χ4v) is 1.35. The Balaban J connectivity index is 2.57. The second-order valence-electron chi connectivity index (χ2n) is 2.78. The lowest BCUT2D eigenvalue weighted by Gasteiger charge is -2.01. The molecule has 0 saturated carbocycles. The van der Waals surface area contributed by atoms with Crippen molar-refractivity contribution < 1.29 is 0 Å². The van der Waals surface area contributed by atoms with Crippen LogP contribution in [0, 0.1) is 0 Å². The van der Waals surface area contributed by atoms with Crippen LogP contribution >= 0.6 is 0 Å². The van der Waals surface area contributed by atoms with E-state index < -0.39 is 0 Å². The van der Waals surface area contributed by atoms with Crippen LogP contribution in [0.15, 0.2) is 24.7 Å². The molecule has 3 nitrogen and oxygen atoms in total. The second kappa shape index (κ2) is 2.93. The number of imidazole rings is 1. The van der Waals surface area contributed by atoms with Crippen LogP contribution in [-0.4, -0.2) is 14.4 Å². The molecule has 0 radical (unpaired) electrons. The monoisotopic (exact) mass is 161 g/mol. The molecule has 0 aliphatic rings. The van der Waals surface area contributed by atoms with Gasteiger partial charge >= 0.3 is 0 Å². The van der Waals surface area contributed by atoms with Gasteiger partial charge < -0.3 is 0 Å². The van der Waals surface area contributed by atoms with Crippen LogP contribution in [0.4, 0.5) is 0 Å². The first-order chi connectivity index (χ1) is 5.92. The highest BCUT2D eigenvalue weighted by molar-refractivity contribution is 5.29. The third kappa shape index (κ3) is 1.07. The number of fused-ring (bicyclic) bond motifs is 1. The van der Waals surface area contributed by atoms with Crippen LogP contribution in [0.3, 0.4) is 0 Å². The Morgan fingerprint density at radius 2 is 2.17 bits per heavy atom. The Morgan fingerprint density at radius 3 is 3.00 bits per heavy atom. The van der Waals surface area contributed by atoms with Crippen molar-refractivity contribution in [1.82, 2.24) is 14.4 Å². The highest BCUT2D eigenvalue weighted by atomic mass is 15.1. The summed E-state index contributed by atoms with van der Waals surface area (Å²) in [6.07, 6.45) is 7.77. The van der Waals surface area contributed by atoms with Gasteiger partial charge in [-0.05, 0) is 12.5 Å². The van der Waals surface area contributed by atoms with Gasteiger partial charge in [-0.3, -0.25) is 4.40 Å². The molecule has 0 atom stereocenters. The van der Waals surface area contributed by atoms with Gasteiger partial charge in [0.05, 0.1) is 0 Å². The van der Waals surface area contributed by atoms with E-state index in [4.69, 9.17) is 0 Å². The number of hydrogen-bond acceptors (Lipinski definition) is 2. The number of rotatable bonds is 2. The molecule has 0 N–H and O–H groups in total. The van der Waals surface area contributed by atoms with Gasteiger partial charge in [-0.15, -0.1) is 0 Å². The first-order valence-electron chi connectivity index (χ1n) is 4.19. The molecule has 0 aliphatic carbocycles. The standard InChI is InChI=1S/C9H11N3/c1-2-3-8-4-5-10-9-11-6-7-12(8)9/h4-7H,2-3H2,1H3. The molecule has 0 aromatic carbocycles. The second-order valence-corrected chi connectivity index (χ2v) is 2.78. The van der Waals surface area contributed by atoms with Gasteiger partial charge in [-0.2, -0.15) is 0 Å². The molecule has 2 rings (SSSR count). The van der Waals surface area contributed by atoms with E-state index in [1.165, 1.54) is 5.69 Å².